The number of carboxylic acid groups (broad SMARTS) is 1. The van der Waals surface area contributed by atoms with Gasteiger partial charge in [0.2, 0.25) is 0 Å². The number of thiazole rings is 1. The fourth-order valence-electron chi connectivity index (χ4n) is 4.01. The molecule has 1 aliphatic carbocycles. The van der Waals surface area contributed by atoms with Crippen molar-refractivity contribution in [2.45, 2.75) is 12.8 Å². The molecule has 0 radical (unpaired) electrons. The Balaban J connectivity index is 1.26. The van der Waals surface area contributed by atoms with Gasteiger partial charge in [-0.15, -0.1) is 11.3 Å². The van der Waals surface area contributed by atoms with Crippen LogP contribution in [0.15, 0.2) is 42.6 Å². The number of pyridine rings is 1. The van der Waals surface area contributed by atoms with Crippen LogP contribution in [0, 0.1) is 0 Å². The van der Waals surface area contributed by atoms with Crippen LogP contribution in [0.4, 0.5) is 15.7 Å². The molecule has 8 nitrogen and oxygen atoms in total. The third-order valence-electron chi connectivity index (χ3n) is 5.70. The summed E-state index contributed by atoms with van der Waals surface area (Å²) in [4.78, 5) is 37.4. The molecule has 2 aromatic heterocycles. The van der Waals surface area contributed by atoms with Crippen LogP contribution < -0.4 is 10.2 Å². The van der Waals surface area contributed by atoms with Gasteiger partial charge in [-0.2, -0.15) is 0 Å². The van der Waals surface area contributed by atoms with Gasteiger partial charge in [-0.05, 0) is 30.5 Å². The van der Waals surface area contributed by atoms with E-state index >= 15 is 0 Å². The lowest BCUT2D eigenvalue weighted by atomic mass is 9.94. The molecule has 0 spiro atoms. The van der Waals surface area contributed by atoms with E-state index in [1.165, 1.54) is 26.7 Å². The lowest BCUT2D eigenvalue weighted by molar-refractivity contribution is 0.102. The Morgan fingerprint density at radius 1 is 1.03 bits per heavy atom. The summed E-state index contributed by atoms with van der Waals surface area (Å²) in [6.45, 7) is 2.04. The van der Waals surface area contributed by atoms with E-state index in [1.54, 1.807) is 18.3 Å². The molecule has 1 aromatic carbocycles. The molecule has 3 heterocycles. The number of carbonyl (C=O) groups excluding carboxylic acids is 1. The highest BCUT2D eigenvalue weighted by molar-refractivity contribution is 7.16. The maximum atomic E-state index is 12.7. The average molecular weight is 436 g/mol. The summed E-state index contributed by atoms with van der Waals surface area (Å²) in [6, 6.07) is 11.8. The highest BCUT2D eigenvalue weighted by atomic mass is 32.1. The molecule has 9 heteroatoms. The predicted molar refractivity (Wildman–Crippen MR) is 119 cm³/mol. The van der Waals surface area contributed by atoms with Gasteiger partial charge >= 0.3 is 6.09 Å². The smallest absolute Gasteiger partial charge is 0.407 e. The summed E-state index contributed by atoms with van der Waals surface area (Å²) < 4.78 is 0. The third kappa shape index (κ3) is 3.84. The van der Waals surface area contributed by atoms with Gasteiger partial charge in [-0.25, -0.2) is 14.8 Å². The first-order valence-corrected chi connectivity index (χ1v) is 11.0. The number of carbonyl (C=O) groups is 2. The fraction of sp³-hybridized carbons (Fsp3) is 0.273. The van der Waals surface area contributed by atoms with Crippen molar-refractivity contribution in [1.29, 1.82) is 0 Å². The molecule has 2 aliphatic rings. The number of aryl methyl sites for hydroxylation is 2. The van der Waals surface area contributed by atoms with Crippen LogP contribution in [-0.2, 0) is 12.8 Å². The quantitative estimate of drug-likeness (QED) is 0.655. The van der Waals surface area contributed by atoms with Crippen LogP contribution >= 0.6 is 11.3 Å². The van der Waals surface area contributed by atoms with Gasteiger partial charge in [0, 0.05) is 42.8 Å². The molecule has 158 valence electrons. The Labute approximate surface area is 183 Å². The Hall–Kier alpha value is -3.46. The molecular formula is C22H21N5O3S. The molecule has 0 bridgehead atoms. The third-order valence-corrected chi connectivity index (χ3v) is 6.73. The zero-order chi connectivity index (χ0) is 21.4. The van der Waals surface area contributed by atoms with E-state index in [-0.39, 0.29) is 5.91 Å². The van der Waals surface area contributed by atoms with Gasteiger partial charge in [0.15, 0.2) is 5.13 Å². The normalized spacial score (nSPS) is 15.2. The van der Waals surface area contributed by atoms with Gasteiger partial charge in [-0.3, -0.25) is 10.1 Å². The number of benzene rings is 1. The largest absolute Gasteiger partial charge is 0.465 e. The Bertz CT molecular complexity index is 1140. The van der Waals surface area contributed by atoms with E-state index in [9.17, 15) is 9.59 Å². The number of nitrogens with zero attached hydrogens (tertiary/aromatic N) is 4. The number of hydrogen-bond donors (Lipinski definition) is 2. The summed E-state index contributed by atoms with van der Waals surface area (Å²) in [5.74, 6) is 0.497. The lowest BCUT2D eigenvalue weighted by Crippen LogP contribution is -2.48. The van der Waals surface area contributed by atoms with E-state index < -0.39 is 6.09 Å². The average Bonchev–Trinajstić information content (AvgIpc) is 3.22. The Morgan fingerprint density at radius 3 is 2.58 bits per heavy atom. The van der Waals surface area contributed by atoms with Crippen LogP contribution in [0.5, 0.6) is 0 Å². The van der Waals surface area contributed by atoms with E-state index in [2.05, 4.69) is 27.4 Å². The lowest BCUT2D eigenvalue weighted by Gasteiger charge is -2.33. The van der Waals surface area contributed by atoms with Gasteiger partial charge in [0.25, 0.3) is 5.91 Å². The van der Waals surface area contributed by atoms with E-state index in [1.807, 2.05) is 17.0 Å². The minimum Gasteiger partial charge on any atom is -0.465 e. The maximum absolute atomic E-state index is 12.7. The first-order chi connectivity index (χ1) is 15.1. The van der Waals surface area contributed by atoms with E-state index in [0.717, 1.165) is 29.9 Å². The summed E-state index contributed by atoms with van der Waals surface area (Å²) in [5, 5.41) is 12.6. The Kier molecular flexibility index (Phi) is 5.03. The first-order valence-electron chi connectivity index (χ1n) is 10.2. The molecule has 1 fully saturated rings. The SMILES string of the molecule is O=C(Nc1nc2c(s1)CCc1ccccc1-2)c1ccc(N2CCN(C(=O)O)CC2)nc1. The van der Waals surface area contributed by atoms with Crippen molar-refractivity contribution in [2.75, 3.05) is 36.4 Å². The molecule has 0 unspecified atom stereocenters. The molecule has 0 saturated carbocycles. The van der Waals surface area contributed by atoms with Crippen molar-refractivity contribution < 1.29 is 14.7 Å². The van der Waals surface area contributed by atoms with E-state index in [4.69, 9.17) is 5.11 Å². The number of amides is 2. The molecule has 2 amide bonds. The number of aromatic nitrogens is 2. The van der Waals surface area contributed by atoms with Crippen LogP contribution in [0.3, 0.4) is 0 Å². The molecule has 1 aliphatic heterocycles. The van der Waals surface area contributed by atoms with Crippen LogP contribution in [0.25, 0.3) is 11.3 Å². The topological polar surface area (TPSA) is 98.7 Å². The van der Waals surface area contributed by atoms with Gasteiger partial charge in [0.05, 0.1) is 11.3 Å². The standard InChI is InChI=1S/C22H21N5O3S/c28-20(15-6-8-18(23-13-15)26-9-11-27(12-10-26)22(29)30)25-21-24-19-16-4-2-1-3-14(16)5-7-17(19)31-21/h1-4,6,8,13H,5,7,9-12H2,(H,29,30)(H,24,25,28). The molecule has 5 rings (SSSR count). The van der Waals surface area contributed by atoms with Crippen molar-refractivity contribution in [1.82, 2.24) is 14.9 Å². The zero-order valence-electron chi connectivity index (χ0n) is 16.7. The fourth-order valence-corrected chi connectivity index (χ4v) is 4.98. The van der Waals surface area contributed by atoms with Crippen LogP contribution in [0.2, 0.25) is 0 Å². The zero-order valence-corrected chi connectivity index (χ0v) is 17.6. The number of nitrogens with one attached hydrogen (secondary N) is 1. The predicted octanol–water partition coefficient (Wildman–Crippen LogP) is 3.36. The summed E-state index contributed by atoms with van der Waals surface area (Å²) in [6.07, 6.45) is 2.58. The second-order valence-corrected chi connectivity index (χ2v) is 8.65. The second-order valence-electron chi connectivity index (χ2n) is 7.56. The van der Waals surface area contributed by atoms with Crippen molar-refractivity contribution >= 4 is 34.3 Å². The second kappa shape index (κ2) is 7.99. The number of anilines is 2. The van der Waals surface area contributed by atoms with Gasteiger partial charge in [-0.1, -0.05) is 24.3 Å². The van der Waals surface area contributed by atoms with E-state index in [0.29, 0.717) is 36.9 Å². The summed E-state index contributed by atoms with van der Waals surface area (Å²) in [7, 11) is 0. The molecular weight excluding hydrogens is 414 g/mol. The van der Waals surface area contributed by atoms with Crippen molar-refractivity contribution in [3.8, 4) is 11.3 Å². The molecule has 2 N–H and O–H groups in total. The first kappa shape index (κ1) is 19.5. The van der Waals surface area contributed by atoms with Crippen molar-refractivity contribution in [3.05, 3.63) is 58.6 Å². The summed E-state index contributed by atoms with van der Waals surface area (Å²) >= 11 is 1.53. The summed E-state index contributed by atoms with van der Waals surface area (Å²) in [5.41, 5.74) is 3.87. The number of rotatable bonds is 3. The van der Waals surface area contributed by atoms with Crippen molar-refractivity contribution in [2.24, 2.45) is 0 Å². The highest BCUT2D eigenvalue weighted by Gasteiger charge is 2.23. The Morgan fingerprint density at radius 2 is 1.84 bits per heavy atom. The van der Waals surface area contributed by atoms with Gasteiger partial charge < -0.3 is 14.9 Å². The van der Waals surface area contributed by atoms with Crippen LogP contribution in [0.1, 0.15) is 20.8 Å². The van der Waals surface area contributed by atoms with Crippen molar-refractivity contribution in [3.63, 3.8) is 0 Å². The maximum Gasteiger partial charge on any atom is 0.407 e. The minimum atomic E-state index is -0.896. The molecule has 0 atom stereocenters. The number of piperazine rings is 1. The highest BCUT2D eigenvalue weighted by Crippen LogP contribution is 2.38. The minimum absolute atomic E-state index is 0.242. The van der Waals surface area contributed by atoms with Crippen LogP contribution in [-0.4, -0.2) is 58.2 Å². The van der Waals surface area contributed by atoms with Gasteiger partial charge in [0.1, 0.15) is 5.82 Å². The molecule has 1 saturated heterocycles. The molecule has 31 heavy (non-hydrogen) atoms. The monoisotopic (exact) mass is 435 g/mol. The number of hydrogen-bond acceptors (Lipinski definition) is 6. The number of fused-ring (bicyclic) bond motifs is 3. The molecule has 3 aromatic rings.